The highest BCUT2D eigenvalue weighted by Crippen LogP contribution is 2.34. The first-order valence-electron chi connectivity index (χ1n) is 7.38. The molecule has 4 rings (SSSR count). The van der Waals surface area contributed by atoms with Gasteiger partial charge in [0.1, 0.15) is 6.33 Å². The quantitative estimate of drug-likeness (QED) is 0.704. The number of nitrogens with zero attached hydrogens (tertiary/aromatic N) is 8. The van der Waals surface area contributed by atoms with Crippen LogP contribution in [0.1, 0.15) is 31.1 Å². The van der Waals surface area contributed by atoms with Crippen LogP contribution in [0, 0.1) is 0 Å². The van der Waals surface area contributed by atoms with Crippen molar-refractivity contribution in [3.05, 3.63) is 30.6 Å². The van der Waals surface area contributed by atoms with E-state index in [2.05, 4.69) is 35.1 Å². The molecule has 1 atom stereocenters. The number of rotatable bonds is 2. The van der Waals surface area contributed by atoms with Crippen molar-refractivity contribution < 1.29 is 0 Å². The summed E-state index contributed by atoms with van der Waals surface area (Å²) in [5, 5.41) is 8.28. The standard InChI is InChI=1S/C14H16N8/c1-21-13-11(19-20-21)14(18-9-17-13)22-8-3-2-5-10(22)12-15-6-4-7-16-12/h4,6-7,9-10H,2-3,5,8H2,1H3. The van der Waals surface area contributed by atoms with E-state index in [4.69, 9.17) is 0 Å². The fraction of sp³-hybridized carbons (Fsp3) is 0.429. The van der Waals surface area contributed by atoms with Gasteiger partial charge in [-0.05, 0) is 25.3 Å². The van der Waals surface area contributed by atoms with E-state index >= 15 is 0 Å². The van der Waals surface area contributed by atoms with E-state index in [0.29, 0.717) is 0 Å². The van der Waals surface area contributed by atoms with Crippen LogP contribution in [0.3, 0.4) is 0 Å². The smallest absolute Gasteiger partial charge is 0.183 e. The molecular formula is C14H16N8. The molecule has 22 heavy (non-hydrogen) atoms. The van der Waals surface area contributed by atoms with Gasteiger partial charge in [0.15, 0.2) is 22.8 Å². The monoisotopic (exact) mass is 296 g/mol. The van der Waals surface area contributed by atoms with Crippen LogP contribution in [0.5, 0.6) is 0 Å². The molecular weight excluding hydrogens is 280 g/mol. The number of fused-ring (bicyclic) bond motifs is 1. The zero-order valence-corrected chi connectivity index (χ0v) is 12.3. The summed E-state index contributed by atoms with van der Waals surface area (Å²) in [7, 11) is 1.83. The van der Waals surface area contributed by atoms with Gasteiger partial charge < -0.3 is 4.90 Å². The summed E-state index contributed by atoms with van der Waals surface area (Å²) >= 11 is 0. The number of anilines is 1. The van der Waals surface area contributed by atoms with Gasteiger partial charge in [-0.1, -0.05) is 5.21 Å². The highest BCUT2D eigenvalue weighted by Gasteiger charge is 2.29. The Morgan fingerprint density at radius 1 is 1.09 bits per heavy atom. The lowest BCUT2D eigenvalue weighted by atomic mass is 10.0. The second-order valence-corrected chi connectivity index (χ2v) is 5.39. The Kier molecular flexibility index (Phi) is 3.14. The Balaban J connectivity index is 1.81. The molecule has 0 aromatic carbocycles. The highest BCUT2D eigenvalue weighted by atomic mass is 15.4. The molecule has 1 aliphatic rings. The van der Waals surface area contributed by atoms with E-state index in [1.165, 1.54) is 0 Å². The minimum absolute atomic E-state index is 0.120. The average Bonchev–Trinajstić information content (AvgIpc) is 2.97. The summed E-state index contributed by atoms with van der Waals surface area (Å²) in [6, 6.07) is 1.96. The van der Waals surface area contributed by atoms with Crippen molar-refractivity contribution in [2.24, 2.45) is 7.05 Å². The molecule has 1 saturated heterocycles. The molecule has 0 amide bonds. The van der Waals surface area contributed by atoms with Crippen LogP contribution in [0.2, 0.25) is 0 Å². The van der Waals surface area contributed by atoms with Gasteiger partial charge in [0.05, 0.1) is 6.04 Å². The molecule has 0 N–H and O–H groups in total. The SMILES string of the molecule is Cn1nnc2c(N3CCCCC3c3ncccn3)ncnc21. The van der Waals surface area contributed by atoms with Gasteiger partial charge >= 0.3 is 0 Å². The number of aromatic nitrogens is 7. The topological polar surface area (TPSA) is 85.5 Å². The molecule has 0 radical (unpaired) electrons. The second kappa shape index (κ2) is 5.28. The molecule has 0 bridgehead atoms. The van der Waals surface area contributed by atoms with Gasteiger partial charge in [-0.25, -0.2) is 24.6 Å². The predicted octanol–water partition coefficient (Wildman–Crippen LogP) is 1.28. The molecule has 8 heteroatoms. The predicted molar refractivity (Wildman–Crippen MR) is 80.1 cm³/mol. The van der Waals surface area contributed by atoms with Crippen molar-refractivity contribution in [2.45, 2.75) is 25.3 Å². The Morgan fingerprint density at radius 2 is 1.95 bits per heavy atom. The lowest BCUT2D eigenvalue weighted by molar-refractivity contribution is 0.453. The largest absolute Gasteiger partial charge is 0.344 e. The summed E-state index contributed by atoms with van der Waals surface area (Å²) < 4.78 is 1.67. The van der Waals surface area contributed by atoms with Crippen LogP contribution in [0.15, 0.2) is 24.8 Å². The molecule has 0 saturated carbocycles. The Bertz CT molecular complexity index is 784. The zero-order chi connectivity index (χ0) is 14.9. The fourth-order valence-electron chi connectivity index (χ4n) is 2.99. The third-order valence-electron chi connectivity index (χ3n) is 4.03. The molecule has 3 aromatic heterocycles. The fourth-order valence-corrected chi connectivity index (χ4v) is 2.99. The first-order chi connectivity index (χ1) is 10.8. The maximum atomic E-state index is 4.46. The maximum Gasteiger partial charge on any atom is 0.183 e. The van der Waals surface area contributed by atoms with E-state index in [0.717, 1.165) is 48.6 Å². The number of hydrogen-bond acceptors (Lipinski definition) is 7. The molecule has 0 spiro atoms. The molecule has 1 fully saturated rings. The van der Waals surface area contributed by atoms with E-state index in [1.807, 2.05) is 13.1 Å². The summed E-state index contributed by atoms with van der Waals surface area (Å²) in [4.78, 5) is 19.8. The van der Waals surface area contributed by atoms with Crippen LogP contribution in [0.4, 0.5) is 5.82 Å². The summed E-state index contributed by atoms with van der Waals surface area (Å²) in [5.74, 6) is 1.65. The van der Waals surface area contributed by atoms with Gasteiger partial charge in [0.2, 0.25) is 0 Å². The Hall–Kier alpha value is -2.64. The average molecular weight is 296 g/mol. The van der Waals surface area contributed by atoms with E-state index in [9.17, 15) is 0 Å². The Morgan fingerprint density at radius 3 is 2.82 bits per heavy atom. The van der Waals surface area contributed by atoms with E-state index in [-0.39, 0.29) is 6.04 Å². The number of aryl methyl sites for hydroxylation is 1. The first kappa shape index (κ1) is 13.1. The first-order valence-corrected chi connectivity index (χ1v) is 7.38. The molecule has 1 aliphatic heterocycles. The third-order valence-corrected chi connectivity index (χ3v) is 4.03. The van der Waals surface area contributed by atoms with Crippen molar-refractivity contribution in [3.63, 3.8) is 0 Å². The lowest BCUT2D eigenvalue weighted by Crippen LogP contribution is -2.35. The molecule has 112 valence electrons. The second-order valence-electron chi connectivity index (χ2n) is 5.39. The van der Waals surface area contributed by atoms with Crippen molar-refractivity contribution in [3.8, 4) is 0 Å². The molecule has 1 unspecified atom stereocenters. The van der Waals surface area contributed by atoms with Crippen molar-refractivity contribution in [1.82, 2.24) is 34.9 Å². The van der Waals surface area contributed by atoms with Gasteiger partial charge in [0.25, 0.3) is 0 Å². The maximum absolute atomic E-state index is 4.46. The van der Waals surface area contributed by atoms with Crippen LogP contribution in [-0.4, -0.2) is 41.5 Å². The molecule has 8 nitrogen and oxygen atoms in total. The van der Waals surface area contributed by atoms with Gasteiger partial charge in [-0.2, -0.15) is 0 Å². The number of piperidine rings is 1. The van der Waals surface area contributed by atoms with Crippen molar-refractivity contribution in [2.75, 3.05) is 11.4 Å². The van der Waals surface area contributed by atoms with Crippen molar-refractivity contribution >= 4 is 17.0 Å². The van der Waals surface area contributed by atoms with Gasteiger partial charge in [-0.15, -0.1) is 5.10 Å². The Labute approximate surface area is 127 Å². The van der Waals surface area contributed by atoms with E-state index < -0.39 is 0 Å². The van der Waals surface area contributed by atoms with Gasteiger partial charge in [0, 0.05) is 26.0 Å². The molecule has 4 heterocycles. The van der Waals surface area contributed by atoms with Crippen molar-refractivity contribution in [1.29, 1.82) is 0 Å². The molecule has 3 aromatic rings. The van der Waals surface area contributed by atoms with E-state index in [1.54, 1.807) is 23.4 Å². The third kappa shape index (κ3) is 2.07. The normalized spacial score (nSPS) is 18.8. The minimum atomic E-state index is 0.120. The highest BCUT2D eigenvalue weighted by molar-refractivity contribution is 5.82. The van der Waals surface area contributed by atoms with Crippen LogP contribution < -0.4 is 4.90 Å². The molecule has 0 aliphatic carbocycles. The zero-order valence-electron chi connectivity index (χ0n) is 12.3. The summed E-state index contributed by atoms with van der Waals surface area (Å²) in [6.07, 6.45) is 8.43. The van der Waals surface area contributed by atoms with Gasteiger partial charge in [-0.3, -0.25) is 0 Å². The number of hydrogen-bond donors (Lipinski definition) is 0. The minimum Gasteiger partial charge on any atom is -0.344 e. The van der Waals surface area contributed by atoms with Crippen LogP contribution in [-0.2, 0) is 7.05 Å². The lowest BCUT2D eigenvalue weighted by Gasteiger charge is -2.35. The summed E-state index contributed by atoms with van der Waals surface area (Å²) in [5.41, 5.74) is 1.47. The van der Waals surface area contributed by atoms with Crippen LogP contribution >= 0.6 is 0 Å². The van der Waals surface area contributed by atoms with Crippen LogP contribution in [0.25, 0.3) is 11.2 Å². The summed E-state index contributed by atoms with van der Waals surface area (Å²) in [6.45, 7) is 0.908.